The van der Waals surface area contributed by atoms with Crippen molar-refractivity contribution in [2.24, 2.45) is 11.1 Å². The Kier molecular flexibility index (Phi) is 3.73. The molecule has 1 saturated carbocycles. The molecule has 1 heterocycles. The third-order valence-electron chi connectivity index (χ3n) is 3.97. The molecular formula is C13H23N3O2. The van der Waals surface area contributed by atoms with E-state index in [0.717, 1.165) is 18.7 Å². The number of aliphatic hydroxyl groups is 1. The van der Waals surface area contributed by atoms with Gasteiger partial charge in [-0.25, -0.2) is 0 Å². The van der Waals surface area contributed by atoms with E-state index in [2.05, 4.69) is 24.0 Å². The quantitative estimate of drug-likeness (QED) is 0.862. The van der Waals surface area contributed by atoms with Gasteiger partial charge >= 0.3 is 0 Å². The lowest BCUT2D eigenvalue weighted by atomic mass is 9.73. The van der Waals surface area contributed by atoms with E-state index < -0.39 is 12.1 Å². The number of nitrogens with two attached hydrogens (primary N) is 1. The SMILES string of the molecule is C[C@@H](O)[C@H](N)c1nc(C2CCC(C)(C)CC2)no1. The van der Waals surface area contributed by atoms with Crippen molar-refractivity contribution < 1.29 is 9.63 Å². The Bertz CT molecular complexity index is 391. The number of nitrogens with zero attached hydrogens (tertiary/aromatic N) is 2. The first-order valence-corrected chi connectivity index (χ1v) is 6.66. The predicted molar refractivity (Wildman–Crippen MR) is 67.9 cm³/mol. The van der Waals surface area contributed by atoms with E-state index in [1.165, 1.54) is 12.8 Å². The van der Waals surface area contributed by atoms with Gasteiger partial charge in [-0.2, -0.15) is 4.98 Å². The molecule has 102 valence electrons. The average molecular weight is 253 g/mol. The van der Waals surface area contributed by atoms with Gasteiger partial charge in [-0.1, -0.05) is 19.0 Å². The van der Waals surface area contributed by atoms with Crippen LogP contribution in [0.2, 0.25) is 0 Å². The summed E-state index contributed by atoms with van der Waals surface area (Å²) in [6, 6.07) is -0.591. The highest BCUT2D eigenvalue weighted by Gasteiger charge is 2.31. The Balaban J connectivity index is 2.03. The Morgan fingerprint density at radius 1 is 1.39 bits per heavy atom. The maximum absolute atomic E-state index is 9.41. The van der Waals surface area contributed by atoms with Crippen LogP contribution in [0.15, 0.2) is 4.52 Å². The number of hydrogen-bond acceptors (Lipinski definition) is 5. The molecule has 0 unspecified atom stereocenters. The van der Waals surface area contributed by atoms with Crippen molar-refractivity contribution in [1.29, 1.82) is 0 Å². The van der Waals surface area contributed by atoms with Crippen LogP contribution < -0.4 is 5.73 Å². The highest BCUT2D eigenvalue weighted by molar-refractivity contribution is 5.01. The summed E-state index contributed by atoms with van der Waals surface area (Å²) in [7, 11) is 0. The molecule has 2 rings (SSSR count). The molecular weight excluding hydrogens is 230 g/mol. The second kappa shape index (κ2) is 4.97. The van der Waals surface area contributed by atoms with Gasteiger partial charge < -0.3 is 15.4 Å². The summed E-state index contributed by atoms with van der Waals surface area (Å²) >= 11 is 0. The van der Waals surface area contributed by atoms with Gasteiger partial charge in [0.1, 0.15) is 6.04 Å². The Hall–Kier alpha value is -0.940. The standard InChI is InChI=1S/C13H23N3O2/c1-8(17)10(14)12-15-11(16-18-12)9-4-6-13(2,3)7-5-9/h8-10,17H,4-7,14H2,1-3H3/t8-,10+/m1/s1. The minimum atomic E-state index is -0.677. The van der Waals surface area contributed by atoms with E-state index in [1.54, 1.807) is 6.92 Å². The molecule has 3 N–H and O–H groups in total. The molecule has 2 atom stereocenters. The van der Waals surface area contributed by atoms with Crippen LogP contribution in [0.4, 0.5) is 0 Å². The van der Waals surface area contributed by atoms with Gasteiger partial charge in [0.2, 0.25) is 5.89 Å². The topological polar surface area (TPSA) is 85.2 Å². The van der Waals surface area contributed by atoms with E-state index in [1.807, 2.05) is 0 Å². The Morgan fingerprint density at radius 2 is 2.00 bits per heavy atom. The van der Waals surface area contributed by atoms with Gasteiger partial charge in [0.25, 0.3) is 0 Å². The largest absolute Gasteiger partial charge is 0.391 e. The van der Waals surface area contributed by atoms with Crippen molar-refractivity contribution in [3.63, 3.8) is 0 Å². The van der Waals surface area contributed by atoms with Crippen molar-refractivity contribution >= 4 is 0 Å². The summed E-state index contributed by atoms with van der Waals surface area (Å²) in [6.45, 7) is 6.22. The van der Waals surface area contributed by atoms with Gasteiger partial charge in [0.05, 0.1) is 6.10 Å². The minimum absolute atomic E-state index is 0.338. The zero-order valence-electron chi connectivity index (χ0n) is 11.4. The highest BCUT2D eigenvalue weighted by Crippen LogP contribution is 2.41. The molecule has 0 aliphatic heterocycles. The summed E-state index contributed by atoms with van der Waals surface area (Å²) < 4.78 is 5.15. The van der Waals surface area contributed by atoms with Gasteiger partial charge in [-0.3, -0.25) is 0 Å². The zero-order chi connectivity index (χ0) is 13.3. The summed E-state index contributed by atoms with van der Waals surface area (Å²) in [4.78, 5) is 4.34. The molecule has 0 amide bonds. The lowest BCUT2D eigenvalue weighted by Gasteiger charge is -2.32. The monoisotopic (exact) mass is 253 g/mol. The van der Waals surface area contributed by atoms with Crippen LogP contribution in [0.25, 0.3) is 0 Å². The normalized spacial score (nSPS) is 23.8. The average Bonchev–Trinajstić information content (AvgIpc) is 2.77. The fraction of sp³-hybridized carbons (Fsp3) is 0.846. The lowest BCUT2D eigenvalue weighted by molar-refractivity contribution is 0.146. The maximum Gasteiger partial charge on any atom is 0.246 e. The molecule has 0 spiro atoms. The van der Waals surface area contributed by atoms with E-state index in [4.69, 9.17) is 10.3 Å². The lowest BCUT2D eigenvalue weighted by Crippen LogP contribution is -2.24. The molecule has 1 aliphatic rings. The van der Waals surface area contributed by atoms with Crippen LogP contribution in [0.1, 0.15) is 70.1 Å². The minimum Gasteiger partial charge on any atom is -0.391 e. The van der Waals surface area contributed by atoms with E-state index in [0.29, 0.717) is 17.2 Å². The number of hydrogen-bond donors (Lipinski definition) is 2. The summed E-state index contributed by atoms with van der Waals surface area (Å²) in [6.07, 6.45) is 3.88. The van der Waals surface area contributed by atoms with Gasteiger partial charge in [0, 0.05) is 5.92 Å². The third kappa shape index (κ3) is 2.90. The summed E-state index contributed by atoms with van der Waals surface area (Å²) in [5.41, 5.74) is 6.21. The van der Waals surface area contributed by atoms with Crippen molar-refractivity contribution in [2.45, 2.75) is 64.5 Å². The molecule has 0 bridgehead atoms. The number of rotatable bonds is 3. The fourth-order valence-corrected chi connectivity index (χ4v) is 2.41. The van der Waals surface area contributed by atoms with Crippen LogP contribution >= 0.6 is 0 Å². The van der Waals surface area contributed by atoms with Crippen molar-refractivity contribution in [3.05, 3.63) is 11.7 Å². The molecule has 0 saturated heterocycles. The third-order valence-corrected chi connectivity index (χ3v) is 3.97. The van der Waals surface area contributed by atoms with Crippen LogP contribution in [0, 0.1) is 5.41 Å². The van der Waals surface area contributed by atoms with Crippen LogP contribution in [-0.4, -0.2) is 21.4 Å². The molecule has 1 aromatic rings. The van der Waals surface area contributed by atoms with Crippen molar-refractivity contribution in [2.75, 3.05) is 0 Å². The van der Waals surface area contributed by atoms with Gasteiger partial charge in [-0.05, 0) is 38.0 Å². The first-order chi connectivity index (χ1) is 8.39. The van der Waals surface area contributed by atoms with E-state index in [-0.39, 0.29) is 0 Å². The molecule has 0 aromatic carbocycles. The second-order valence-electron chi connectivity index (χ2n) is 6.20. The van der Waals surface area contributed by atoms with Gasteiger partial charge in [0.15, 0.2) is 5.82 Å². The molecule has 0 radical (unpaired) electrons. The highest BCUT2D eigenvalue weighted by atomic mass is 16.5. The molecule has 1 aromatic heterocycles. The summed E-state index contributed by atoms with van der Waals surface area (Å²) in [5, 5.41) is 13.4. The van der Waals surface area contributed by atoms with Crippen molar-refractivity contribution in [3.8, 4) is 0 Å². The van der Waals surface area contributed by atoms with E-state index in [9.17, 15) is 5.11 Å². The maximum atomic E-state index is 9.41. The number of aliphatic hydroxyl groups excluding tert-OH is 1. The smallest absolute Gasteiger partial charge is 0.246 e. The molecule has 5 heteroatoms. The second-order valence-corrected chi connectivity index (χ2v) is 6.20. The van der Waals surface area contributed by atoms with E-state index >= 15 is 0 Å². The first-order valence-electron chi connectivity index (χ1n) is 6.66. The van der Waals surface area contributed by atoms with Crippen LogP contribution in [-0.2, 0) is 0 Å². The fourth-order valence-electron chi connectivity index (χ4n) is 2.41. The predicted octanol–water partition coefficient (Wildman–Crippen LogP) is 2.13. The molecule has 18 heavy (non-hydrogen) atoms. The molecule has 5 nitrogen and oxygen atoms in total. The van der Waals surface area contributed by atoms with Crippen molar-refractivity contribution in [1.82, 2.24) is 10.1 Å². The summed E-state index contributed by atoms with van der Waals surface area (Å²) in [5.74, 6) is 1.46. The Morgan fingerprint density at radius 3 is 2.56 bits per heavy atom. The molecule has 1 fully saturated rings. The van der Waals surface area contributed by atoms with Gasteiger partial charge in [-0.15, -0.1) is 0 Å². The van der Waals surface area contributed by atoms with Crippen LogP contribution in [0.3, 0.4) is 0 Å². The zero-order valence-corrected chi connectivity index (χ0v) is 11.4. The number of aromatic nitrogens is 2. The first kappa shape index (κ1) is 13.5. The Labute approximate surface area is 108 Å². The molecule has 1 aliphatic carbocycles. The van der Waals surface area contributed by atoms with Crippen LogP contribution in [0.5, 0.6) is 0 Å².